The van der Waals surface area contributed by atoms with E-state index in [4.69, 9.17) is 4.74 Å². The summed E-state index contributed by atoms with van der Waals surface area (Å²) < 4.78 is 9.01. The Kier molecular flexibility index (Phi) is 2.96. The van der Waals surface area contributed by atoms with Gasteiger partial charge in [-0.15, -0.1) is 5.10 Å². The van der Waals surface area contributed by atoms with Crippen molar-refractivity contribution in [3.63, 3.8) is 0 Å². The van der Waals surface area contributed by atoms with Gasteiger partial charge in [-0.1, -0.05) is 40.2 Å². The average Bonchev–Trinajstić information content (AvgIpc) is 2.90. The van der Waals surface area contributed by atoms with Crippen molar-refractivity contribution in [2.24, 2.45) is 0 Å². The summed E-state index contributed by atoms with van der Waals surface area (Å²) >= 11 is 3.45. The van der Waals surface area contributed by atoms with Crippen LogP contribution in [0, 0.1) is 0 Å². The fourth-order valence-electron chi connectivity index (χ4n) is 2.47. The van der Waals surface area contributed by atoms with Crippen molar-refractivity contribution in [1.82, 2.24) is 20.2 Å². The van der Waals surface area contributed by atoms with Crippen LogP contribution in [0.5, 0.6) is 5.75 Å². The first-order valence-electron chi connectivity index (χ1n) is 6.59. The molecule has 0 radical (unpaired) electrons. The van der Waals surface area contributed by atoms with E-state index in [1.54, 1.807) is 4.68 Å². The number of ether oxygens (including phenoxy) is 1. The van der Waals surface area contributed by atoms with Gasteiger partial charge in [-0.3, -0.25) is 0 Å². The lowest BCUT2D eigenvalue weighted by Crippen LogP contribution is -2.14. The van der Waals surface area contributed by atoms with E-state index < -0.39 is 0 Å². The number of rotatable bonds is 1. The van der Waals surface area contributed by atoms with Crippen LogP contribution in [0.25, 0.3) is 11.4 Å². The average molecular weight is 343 g/mol. The van der Waals surface area contributed by atoms with Gasteiger partial charge < -0.3 is 4.74 Å². The topological polar surface area (TPSA) is 52.8 Å². The number of halogens is 1. The van der Waals surface area contributed by atoms with Crippen LogP contribution in [0.4, 0.5) is 0 Å². The first-order chi connectivity index (χ1) is 10.3. The second-order valence-electron chi connectivity index (χ2n) is 4.84. The fraction of sp³-hybridized carbons (Fsp3) is 0.133. The van der Waals surface area contributed by atoms with Crippen molar-refractivity contribution in [3.8, 4) is 17.1 Å². The molecule has 0 aliphatic carbocycles. The minimum absolute atomic E-state index is 0.121. The zero-order valence-corrected chi connectivity index (χ0v) is 12.6. The molecule has 5 nitrogen and oxygen atoms in total. The molecule has 6 heteroatoms. The van der Waals surface area contributed by atoms with Gasteiger partial charge in [0.2, 0.25) is 0 Å². The summed E-state index contributed by atoms with van der Waals surface area (Å²) in [5.74, 6) is 1.55. The second kappa shape index (κ2) is 4.96. The SMILES string of the molecule is Brc1ccc(C2Cn3nnnc3-c3ccccc3O2)cc1. The molecule has 1 aliphatic heterocycles. The van der Waals surface area contributed by atoms with Gasteiger partial charge >= 0.3 is 0 Å². The van der Waals surface area contributed by atoms with Crippen molar-refractivity contribution < 1.29 is 4.74 Å². The van der Waals surface area contributed by atoms with Crippen molar-refractivity contribution >= 4 is 15.9 Å². The lowest BCUT2D eigenvalue weighted by molar-refractivity contribution is 0.184. The van der Waals surface area contributed by atoms with Crippen molar-refractivity contribution in [2.75, 3.05) is 0 Å². The highest BCUT2D eigenvalue weighted by molar-refractivity contribution is 9.10. The molecule has 0 saturated carbocycles. The maximum atomic E-state index is 6.18. The van der Waals surface area contributed by atoms with Crippen LogP contribution >= 0.6 is 15.9 Å². The molecule has 0 N–H and O–H groups in total. The van der Waals surface area contributed by atoms with Gasteiger partial charge in [0.15, 0.2) is 5.82 Å². The van der Waals surface area contributed by atoms with Crippen LogP contribution in [0.3, 0.4) is 0 Å². The lowest BCUT2D eigenvalue weighted by Gasteiger charge is -2.17. The molecule has 2 heterocycles. The normalized spacial score (nSPS) is 16.5. The molecule has 1 aromatic heterocycles. The van der Waals surface area contributed by atoms with E-state index in [9.17, 15) is 0 Å². The van der Waals surface area contributed by atoms with E-state index in [1.165, 1.54) is 0 Å². The zero-order valence-electron chi connectivity index (χ0n) is 11.0. The van der Waals surface area contributed by atoms with Crippen LogP contribution in [0.15, 0.2) is 53.0 Å². The molecule has 0 spiro atoms. The Labute approximate surface area is 129 Å². The van der Waals surface area contributed by atoms with Gasteiger partial charge in [-0.2, -0.15) is 0 Å². The monoisotopic (exact) mass is 342 g/mol. The van der Waals surface area contributed by atoms with Gasteiger partial charge in [-0.05, 0) is 40.3 Å². The summed E-state index contributed by atoms with van der Waals surface area (Å²) in [6.07, 6.45) is -0.121. The Bertz CT molecular complexity index is 784. The number of hydrogen-bond acceptors (Lipinski definition) is 4. The largest absolute Gasteiger partial charge is 0.483 e. The first-order valence-corrected chi connectivity index (χ1v) is 7.38. The van der Waals surface area contributed by atoms with E-state index in [1.807, 2.05) is 48.5 Å². The molecule has 3 aromatic rings. The molecule has 1 aliphatic rings. The van der Waals surface area contributed by atoms with Crippen molar-refractivity contribution in [3.05, 3.63) is 58.6 Å². The van der Waals surface area contributed by atoms with E-state index in [0.717, 1.165) is 27.2 Å². The van der Waals surface area contributed by atoms with Crippen LogP contribution in [-0.2, 0) is 6.54 Å². The van der Waals surface area contributed by atoms with Crippen LogP contribution in [0.1, 0.15) is 11.7 Å². The van der Waals surface area contributed by atoms with Gasteiger partial charge in [0.25, 0.3) is 0 Å². The number of para-hydroxylation sites is 1. The minimum atomic E-state index is -0.121. The number of fused-ring (bicyclic) bond motifs is 3. The third kappa shape index (κ3) is 2.21. The predicted octanol–water partition coefficient (Wildman–Crippen LogP) is 3.24. The maximum Gasteiger partial charge on any atom is 0.185 e. The quantitative estimate of drug-likeness (QED) is 0.681. The minimum Gasteiger partial charge on any atom is -0.483 e. The van der Waals surface area contributed by atoms with Crippen molar-refractivity contribution in [1.29, 1.82) is 0 Å². The Morgan fingerprint density at radius 3 is 2.76 bits per heavy atom. The first kappa shape index (κ1) is 12.5. The number of benzene rings is 2. The third-order valence-electron chi connectivity index (χ3n) is 3.51. The van der Waals surface area contributed by atoms with Crippen LogP contribution < -0.4 is 4.74 Å². The second-order valence-corrected chi connectivity index (χ2v) is 5.75. The molecule has 0 bridgehead atoms. The molecule has 21 heavy (non-hydrogen) atoms. The highest BCUT2D eigenvalue weighted by Crippen LogP contribution is 2.35. The highest BCUT2D eigenvalue weighted by atomic mass is 79.9. The zero-order chi connectivity index (χ0) is 14.2. The summed E-state index contributed by atoms with van der Waals surface area (Å²) in [4.78, 5) is 0. The van der Waals surface area contributed by atoms with E-state index in [0.29, 0.717) is 6.54 Å². The highest BCUT2D eigenvalue weighted by Gasteiger charge is 2.25. The van der Waals surface area contributed by atoms with Gasteiger partial charge in [-0.25, -0.2) is 4.68 Å². The molecule has 2 aromatic carbocycles. The van der Waals surface area contributed by atoms with Crippen molar-refractivity contribution in [2.45, 2.75) is 12.6 Å². The predicted molar refractivity (Wildman–Crippen MR) is 80.8 cm³/mol. The molecule has 0 saturated heterocycles. The van der Waals surface area contributed by atoms with Crippen LogP contribution in [-0.4, -0.2) is 20.2 Å². The van der Waals surface area contributed by atoms with Gasteiger partial charge in [0.1, 0.15) is 11.9 Å². The third-order valence-corrected chi connectivity index (χ3v) is 4.04. The van der Waals surface area contributed by atoms with E-state index in [-0.39, 0.29) is 6.10 Å². The summed E-state index contributed by atoms with van der Waals surface area (Å²) in [6, 6.07) is 16.0. The van der Waals surface area contributed by atoms with E-state index >= 15 is 0 Å². The number of aromatic nitrogens is 4. The van der Waals surface area contributed by atoms with E-state index in [2.05, 4.69) is 31.5 Å². The fourth-order valence-corrected chi connectivity index (χ4v) is 2.74. The van der Waals surface area contributed by atoms with Crippen LogP contribution in [0.2, 0.25) is 0 Å². The standard InChI is InChI=1S/C15H11BrN4O/c16-11-7-5-10(6-8-11)14-9-20-15(17-18-19-20)12-3-1-2-4-13(12)21-14/h1-8,14H,9H2. The Balaban J connectivity index is 1.82. The Morgan fingerprint density at radius 1 is 1.10 bits per heavy atom. The molecule has 0 fully saturated rings. The molecule has 104 valence electrons. The Morgan fingerprint density at radius 2 is 1.90 bits per heavy atom. The number of tetrazole rings is 1. The molecule has 4 rings (SSSR count). The molecule has 1 atom stereocenters. The molecule has 0 amide bonds. The Hall–Kier alpha value is -2.21. The molecular weight excluding hydrogens is 332 g/mol. The van der Waals surface area contributed by atoms with Gasteiger partial charge in [0.05, 0.1) is 12.1 Å². The molecule has 1 unspecified atom stereocenters. The smallest absolute Gasteiger partial charge is 0.185 e. The summed E-state index contributed by atoms with van der Waals surface area (Å²) in [7, 11) is 0. The summed E-state index contributed by atoms with van der Waals surface area (Å²) in [6.45, 7) is 0.582. The maximum absolute atomic E-state index is 6.18. The number of nitrogens with zero attached hydrogens (tertiary/aromatic N) is 4. The number of hydrogen-bond donors (Lipinski definition) is 0. The molecular formula is C15H11BrN4O. The van der Waals surface area contributed by atoms with Gasteiger partial charge in [0, 0.05) is 4.47 Å². The lowest BCUT2D eigenvalue weighted by atomic mass is 10.1. The summed E-state index contributed by atoms with van der Waals surface area (Å²) in [5.41, 5.74) is 2.01. The summed E-state index contributed by atoms with van der Waals surface area (Å²) in [5, 5.41) is 12.0.